The van der Waals surface area contributed by atoms with E-state index in [-0.39, 0.29) is 22.1 Å². The molecule has 9 heteroatoms. The molecule has 29 heavy (non-hydrogen) atoms. The van der Waals surface area contributed by atoms with Crippen molar-refractivity contribution < 1.29 is 52.5 Å². The average Bonchev–Trinajstić information content (AvgIpc) is 2.80. The number of carbonyl (C=O) groups excluding carboxylic acids is 1. The Balaban J connectivity index is 2.05. The maximum atomic E-state index is 12.8. The number of aliphatic hydroxyl groups is 3. The number of carbonyl (C=O) groups is 2. The van der Waals surface area contributed by atoms with Crippen LogP contribution in [0, 0.1) is 0 Å². The second-order valence-electron chi connectivity index (χ2n) is 6.34. The van der Waals surface area contributed by atoms with Crippen molar-refractivity contribution in [2.45, 2.75) is 43.5 Å². The maximum absolute atomic E-state index is 12.8. The van der Waals surface area contributed by atoms with Crippen LogP contribution in [-0.2, 0) is 19.1 Å². The van der Waals surface area contributed by atoms with Gasteiger partial charge in [-0.2, -0.15) is 0 Å². The number of benzene rings is 2. The van der Waals surface area contributed by atoms with Crippen molar-refractivity contribution in [1.29, 1.82) is 0 Å². The molecule has 0 spiro atoms. The number of fused-ring (bicyclic) bond motifs is 1. The van der Waals surface area contributed by atoms with E-state index in [0.29, 0.717) is 0 Å². The molecule has 1 fully saturated rings. The normalized spacial score (nSPS) is 30.9. The monoisotopic (exact) mass is 412 g/mol. The molecule has 156 valence electrons. The quantitative estimate of drug-likeness (QED) is 0.513. The second kappa shape index (κ2) is 8.34. The highest BCUT2D eigenvalue weighted by Crippen LogP contribution is 2.28. The lowest BCUT2D eigenvalue weighted by Crippen LogP contribution is -2.60. The molecule has 0 aliphatic carbocycles. The van der Waals surface area contributed by atoms with Crippen molar-refractivity contribution in [3.63, 3.8) is 0 Å². The summed E-state index contributed by atoms with van der Waals surface area (Å²) in [5.74, 6) is -4.73. The van der Waals surface area contributed by atoms with Gasteiger partial charge in [0.1, 0.15) is 24.1 Å². The molecule has 1 saturated heterocycles. The van der Waals surface area contributed by atoms with Crippen LogP contribution in [-0.4, -0.2) is 70.2 Å². The topological polar surface area (TPSA) is 143 Å². The average molecular weight is 412 g/mol. The molecule has 1 unspecified atom stereocenters. The highest BCUT2D eigenvalue weighted by atomic mass is 16.7. The van der Waals surface area contributed by atoms with Gasteiger partial charge in [-0.3, -0.25) is 4.79 Å². The Morgan fingerprint density at radius 2 is 1.72 bits per heavy atom. The second-order valence-corrected chi connectivity index (χ2v) is 6.34. The summed E-state index contributed by atoms with van der Waals surface area (Å²) in [4.78, 5) is 24.1. The van der Waals surface area contributed by atoms with Gasteiger partial charge >= 0.3 is 11.9 Å². The molecular weight excluding hydrogens is 384 g/mol. The number of aliphatic hydroxyl groups excluding tert-OH is 3. The van der Waals surface area contributed by atoms with Gasteiger partial charge in [0, 0.05) is 0 Å². The zero-order valence-electron chi connectivity index (χ0n) is 21.3. The van der Waals surface area contributed by atoms with Crippen molar-refractivity contribution >= 4 is 22.7 Å². The SMILES string of the molecule is [2H]c1c(C(C)C(=O)O[C@@H]2O[C@H](C(=O)O)[C@@H](O)[C@H](O)[C@H]2O)c([2H])c2c([2H])c([2H])c(OC)c([2H])c2c1[2H]. The Morgan fingerprint density at radius 3 is 2.38 bits per heavy atom. The summed E-state index contributed by atoms with van der Waals surface area (Å²) in [6.45, 7) is 1.19. The van der Waals surface area contributed by atoms with E-state index in [0.717, 1.165) is 0 Å². The molecule has 0 radical (unpaired) electrons. The standard InChI is InChI=1S/C20H22O9/c1-9(10-3-4-12-8-13(27-2)6-5-11(12)7-10)19(26)29-20-16(23)14(21)15(22)17(28-20)18(24)25/h3-9,14-17,20-23H,1-2H3,(H,24,25)/t9?,14-,15-,16+,17-,20-/m0/s1/i3D,4D,5D,6D,7D,8D. The molecule has 9 nitrogen and oxygen atoms in total. The fourth-order valence-corrected chi connectivity index (χ4v) is 2.67. The van der Waals surface area contributed by atoms with Crippen molar-refractivity contribution in [1.82, 2.24) is 0 Å². The van der Waals surface area contributed by atoms with Crippen LogP contribution in [0.2, 0.25) is 0 Å². The lowest BCUT2D eigenvalue weighted by molar-refractivity contribution is -0.286. The van der Waals surface area contributed by atoms with E-state index in [4.69, 9.17) is 27.5 Å². The van der Waals surface area contributed by atoms with Crippen molar-refractivity contribution in [2.75, 3.05) is 7.11 Å². The summed E-state index contributed by atoms with van der Waals surface area (Å²) in [7, 11) is 1.17. The van der Waals surface area contributed by atoms with Crippen LogP contribution in [0.15, 0.2) is 36.3 Å². The third kappa shape index (κ3) is 4.18. The number of ether oxygens (including phenoxy) is 3. The van der Waals surface area contributed by atoms with E-state index in [2.05, 4.69) is 0 Å². The van der Waals surface area contributed by atoms with Crippen LogP contribution in [0.3, 0.4) is 0 Å². The molecule has 4 N–H and O–H groups in total. The van der Waals surface area contributed by atoms with Gasteiger partial charge in [-0.25, -0.2) is 4.79 Å². The molecule has 2 aromatic carbocycles. The molecule has 0 amide bonds. The van der Waals surface area contributed by atoms with Crippen LogP contribution in [0.5, 0.6) is 5.75 Å². The van der Waals surface area contributed by atoms with Gasteiger partial charge in [-0.05, 0) is 35.3 Å². The van der Waals surface area contributed by atoms with Crippen LogP contribution >= 0.6 is 0 Å². The Hall–Kier alpha value is -2.72. The molecule has 1 aliphatic rings. The van der Waals surface area contributed by atoms with E-state index >= 15 is 0 Å². The van der Waals surface area contributed by atoms with Crippen molar-refractivity contribution in [3.05, 3.63) is 41.8 Å². The Kier molecular flexibility index (Phi) is 4.11. The number of hydrogen-bond donors (Lipinski definition) is 4. The summed E-state index contributed by atoms with van der Waals surface area (Å²) in [5, 5.41) is 38.2. The molecule has 3 rings (SSSR count). The number of hydrogen-bond acceptors (Lipinski definition) is 8. The molecule has 1 heterocycles. The van der Waals surface area contributed by atoms with Gasteiger partial charge in [0.05, 0.1) is 21.3 Å². The first-order chi connectivity index (χ1) is 16.3. The molecular formula is C20H22O9. The zero-order valence-corrected chi connectivity index (χ0v) is 15.3. The van der Waals surface area contributed by atoms with Crippen LogP contribution in [0.25, 0.3) is 10.8 Å². The van der Waals surface area contributed by atoms with Crippen molar-refractivity contribution in [2.24, 2.45) is 0 Å². The van der Waals surface area contributed by atoms with Gasteiger partial charge in [0.15, 0.2) is 6.10 Å². The smallest absolute Gasteiger partial charge is 0.335 e. The summed E-state index contributed by atoms with van der Waals surface area (Å²) in [6.07, 6.45) is -10.1. The number of rotatable bonds is 5. The Labute approximate surface area is 174 Å². The highest BCUT2D eigenvalue weighted by molar-refractivity contribution is 5.86. The van der Waals surface area contributed by atoms with Crippen LogP contribution in [0.4, 0.5) is 0 Å². The van der Waals surface area contributed by atoms with E-state index in [1.54, 1.807) is 0 Å². The van der Waals surface area contributed by atoms with Gasteiger partial charge in [0.2, 0.25) is 6.29 Å². The molecule has 1 aliphatic heterocycles. The molecule has 0 saturated carbocycles. The third-order valence-corrected chi connectivity index (χ3v) is 4.41. The Bertz CT molecular complexity index is 1210. The van der Waals surface area contributed by atoms with Gasteiger partial charge in [-0.1, -0.05) is 24.2 Å². The lowest BCUT2D eigenvalue weighted by Gasteiger charge is -2.38. The summed E-state index contributed by atoms with van der Waals surface area (Å²) in [5.41, 5.74) is -0.384. The summed E-state index contributed by atoms with van der Waals surface area (Å²) < 4.78 is 64.4. The lowest BCUT2D eigenvalue weighted by atomic mass is 9.97. The first-order valence-corrected chi connectivity index (χ1v) is 8.46. The van der Waals surface area contributed by atoms with Crippen LogP contribution in [0.1, 0.15) is 26.6 Å². The maximum Gasteiger partial charge on any atom is 0.335 e. The number of carboxylic acids is 1. The van der Waals surface area contributed by atoms with Crippen LogP contribution < -0.4 is 4.74 Å². The minimum Gasteiger partial charge on any atom is -0.497 e. The van der Waals surface area contributed by atoms with E-state index in [1.807, 2.05) is 0 Å². The number of aliphatic carboxylic acids is 1. The van der Waals surface area contributed by atoms with E-state index < -0.39 is 84.8 Å². The number of esters is 1. The molecule has 2 aromatic rings. The summed E-state index contributed by atoms with van der Waals surface area (Å²) in [6, 6.07) is -3.36. The first kappa shape index (κ1) is 14.3. The van der Waals surface area contributed by atoms with Crippen molar-refractivity contribution in [3.8, 4) is 5.75 Å². The predicted molar refractivity (Wildman–Crippen MR) is 99.3 cm³/mol. The first-order valence-electron chi connectivity index (χ1n) is 11.5. The third-order valence-electron chi connectivity index (χ3n) is 4.41. The summed E-state index contributed by atoms with van der Waals surface area (Å²) >= 11 is 0. The molecule has 6 atom stereocenters. The van der Waals surface area contributed by atoms with Gasteiger partial charge in [-0.15, -0.1) is 0 Å². The number of carboxylic acid groups (broad SMARTS) is 1. The van der Waals surface area contributed by atoms with E-state index in [9.17, 15) is 24.9 Å². The fraction of sp³-hybridized carbons (Fsp3) is 0.400. The molecule has 0 bridgehead atoms. The minimum absolute atomic E-state index is 0.283. The molecule has 0 aromatic heterocycles. The largest absolute Gasteiger partial charge is 0.497 e. The highest BCUT2D eigenvalue weighted by Gasteiger charge is 2.48. The van der Waals surface area contributed by atoms with Gasteiger partial charge < -0.3 is 34.6 Å². The number of methoxy groups -OCH3 is 1. The van der Waals surface area contributed by atoms with Gasteiger partial charge in [0.25, 0.3) is 0 Å². The Morgan fingerprint density at radius 1 is 1.07 bits per heavy atom. The minimum atomic E-state index is -2.02. The predicted octanol–water partition coefficient (Wildman–Crippen LogP) is 0.387. The van der Waals surface area contributed by atoms with E-state index in [1.165, 1.54) is 14.0 Å². The fourth-order valence-electron chi connectivity index (χ4n) is 2.67. The zero-order chi connectivity index (χ0) is 26.5.